The van der Waals surface area contributed by atoms with Gasteiger partial charge in [-0.3, -0.25) is 9.63 Å². The molecule has 2 heterocycles. The van der Waals surface area contributed by atoms with Gasteiger partial charge in [-0.15, -0.1) is 0 Å². The molecule has 3 N–H and O–H groups in total. The second-order valence-electron chi connectivity index (χ2n) is 10.7. The summed E-state index contributed by atoms with van der Waals surface area (Å²) in [6.45, 7) is 9.18. The van der Waals surface area contributed by atoms with Gasteiger partial charge in [0.1, 0.15) is 0 Å². The normalized spacial score (nSPS) is 17.8. The average molecular weight is 545 g/mol. The van der Waals surface area contributed by atoms with Gasteiger partial charge in [0.25, 0.3) is 5.91 Å². The molecule has 8 nitrogen and oxygen atoms in total. The highest BCUT2D eigenvalue weighted by Gasteiger charge is 2.29. The third-order valence-electron chi connectivity index (χ3n) is 7.65. The predicted molar refractivity (Wildman–Crippen MR) is 151 cm³/mol. The number of carbonyl (C=O) groups is 1. The second kappa shape index (κ2) is 12.1. The number of piperazine rings is 1. The zero-order valence-corrected chi connectivity index (χ0v) is 23.0. The molecule has 0 aromatic heterocycles. The van der Waals surface area contributed by atoms with Crippen LogP contribution in [0.4, 0.5) is 27.1 Å². The van der Waals surface area contributed by atoms with E-state index in [0.717, 1.165) is 70.5 Å². The molecule has 2 aromatic carbocycles. The third kappa shape index (κ3) is 6.51. The number of benzene rings is 2. The Labute approximate surface area is 229 Å². The molecule has 0 spiro atoms. The fraction of sp³-hybridized carbons (Fsp3) is 0.536. The Bertz CT molecular complexity index is 1150. The van der Waals surface area contributed by atoms with Crippen LogP contribution in [0.3, 0.4) is 0 Å². The summed E-state index contributed by atoms with van der Waals surface area (Å²) in [5.41, 5.74) is 5.50. The molecule has 1 amide bonds. The Morgan fingerprint density at radius 1 is 1.16 bits per heavy atom. The van der Waals surface area contributed by atoms with E-state index in [9.17, 15) is 4.79 Å². The fourth-order valence-electron chi connectivity index (χ4n) is 4.99. The lowest BCUT2D eigenvalue weighted by Gasteiger charge is -2.32. The SMILES string of the molecule is Cc1cc(Cl)ccc1Nc1c(C(=O)NOCC2CC2)cc2c(c1F)NCN2CCCCN1CCN(C)CC1. The van der Waals surface area contributed by atoms with Crippen molar-refractivity contribution in [3.05, 3.63) is 46.2 Å². The number of hydrogen-bond donors (Lipinski definition) is 3. The Hall–Kier alpha value is -2.59. The van der Waals surface area contributed by atoms with E-state index in [1.54, 1.807) is 24.3 Å². The van der Waals surface area contributed by atoms with Crippen LogP contribution in [0.15, 0.2) is 24.3 Å². The molecule has 2 fully saturated rings. The van der Waals surface area contributed by atoms with E-state index in [1.807, 2.05) is 6.92 Å². The summed E-state index contributed by atoms with van der Waals surface area (Å²) in [5, 5.41) is 6.95. The maximum atomic E-state index is 16.0. The Kier molecular flexibility index (Phi) is 8.57. The van der Waals surface area contributed by atoms with Crippen molar-refractivity contribution in [2.75, 3.05) is 75.1 Å². The Morgan fingerprint density at radius 2 is 1.92 bits per heavy atom. The highest BCUT2D eigenvalue weighted by atomic mass is 35.5. The summed E-state index contributed by atoms with van der Waals surface area (Å²) in [6.07, 6.45) is 4.30. The number of aryl methyl sites for hydroxylation is 1. The van der Waals surface area contributed by atoms with E-state index in [1.165, 1.54) is 0 Å². The lowest BCUT2D eigenvalue weighted by molar-refractivity contribution is 0.0271. The van der Waals surface area contributed by atoms with Gasteiger partial charge in [0, 0.05) is 43.4 Å². The van der Waals surface area contributed by atoms with Gasteiger partial charge in [0.2, 0.25) is 0 Å². The molecule has 5 rings (SSSR count). The number of likely N-dealkylation sites (N-methyl/N-ethyl adjacent to an activating group) is 1. The average Bonchev–Trinajstić information content (AvgIpc) is 3.63. The van der Waals surface area contributed by atoms with Gasteiger partial charge >= 0.3 is 0 Å². The minimum absolute atomic E-state index is 0.117. The molecule has 2 aliphatic heterocycles. The first-order valence-electron chi connectivity index (χ1n) is 13.6. The Balaban J connectivity index is 1.31. The molecule has 1 aliphatic carbocycles. The van der Waals surface area contributed by atoms with Crippen molar-refractivity contribution in [1.29, 1.82) is 0 Å². The van der Waals surface area contributed by atoms with Gasteiger partial charge in [-0.25, -0.2) is 9.87 Å². The summed E-state index contributed by atoms with van der Waals surface area (Å²) in [6, 6.07) is 7.09. The third-order valence-corrected chi connectivity index (χ3v) is 7.89. The molecular formula is C28H38ClFN6O2. The summed E-state index contributed by atoms with van der Waals surface area (Å²) < 4.78 is 16.0. The van der Waals surface area contributed by atoms with Gasteiger partial charge in [0.05, 0.1) is 35.9 Å². The molecule has 1 saturated heterocycles. The quantitative estimate of drug-likeness (QED) is 0.277. The van der Waals surface area contributed by atoms with Crippen LogP contribution < -0.4 is 21.0 Å². The van der Waals surface area contributed by atoms with Crippen LogP contribution in [0.25, 0.3) is 0 Å². The van der Waals surface area contributed by atoms with E-state index in [0.29, 0.717) is 41.3 Å². The standard InChI is InChI=1S/C28H38ClFN6O2/c1-19-15-21(29)7-8-23(19)32-26-22(28(37)33-38-17-20-5-6-20)16-24-27(25(26)30)31-18-36(24)10-4-3-9-35-13-11-34(2)12-14-35/h7-8,15-16,20,31-32H,3-6,9-14,17-18H2,1-2H3,(H,33,37). The summed E-state index contributed by atoms with van der Waals surface area (Å²) >= 11 is 6.11. The van der Waals surface area contributed by atoms with Crippen LogP contribution in [0.2, 0.25) is 5.02 Å². The molecule has 0 atom stereocenters. The van der Waals surface area contributed by atoms with Crippen molar-refractivity contribution in [2.24, 2.45) is 5.92 Å². The number of rotatable bonds is 11. The fourth-order valence-corrected chi connectivity index (χ4v) is 5.22. The molecule has 38 heavy (non-hydrogen) atoms. The topological polar surface area (TPSA) is 72.1 Å². The van der Waals surface area contributed by atoms with Crippen LogP contribution in [-0.2, 0) is 4.84 Å². The van der Waals surface area contributed by atoms with Crippen molar-refractivity contribution >= 4 is 40.3 Å². The van der Waals surface area contributed by atoms with Crippen LogP contribution in [0, 0.1) is 18.7 Å². The summed E-state index contributed by atoms with van der Waals surface area (Å²) in [4.78, 5) is 25.6. The second-order valence-corrected chi connectivity index (χ2v) is 11.2. The maximum Gasteiger partial charge on any atom is 0.277 e. The van der Waals surface area contributed by atoms with E-state index < -0.39 is 11.7 Å². The molecule has 0 unspecified atom stereocenters. The van der Waals surface area contributed by atoms with Crippen molar-refractivity contribution in [2.45, 2.75) is 32.6 Å². The molecule has 1 saturated carbocycles. The smallest absolute Gasteiger partial charge is 0.277 e. The van der Waals surface area contributed by atoms with Crippen LogP contribution in [-0.4, -0.2) is 75.3 Å². The number of nitrogens with zero attached hydrogens (tertiary/aromatic N) is 3. The van der Waals surface area contributed by atoms with Crippen LogP contribution >= 0.6 is 11.6 Å². The highest BCUT2D eigenvalue weighted by Crippen LogP contribution is 2.41. The predicted octanol–water partition coefficient (Wildman–Crippen LogP) is 4.82. The molecule has 0 bridgehead atoms. The molecule has 206 valence electrons. The molecular weight excluding hydrogens is 507 g/mol. The lowest BCUT2D eigenvalue weighted by atomic mass is 10.1. The summed E-state index contributed by atoms with van der Waals surface area (Å²) in [5.74, 6) is -0.459. The minimum Gasteiger partial charge on any atom is -0.364 e. The van der Waals surface area contributed by atoms with E-state index >= 15 is 4.39 Å². The van der Waals surface area contributed by atoms with Gasteiger partial charge in [-0.05, 0) is 81.9 Å². The Morgan fingerprint density at radius 3 is 2.66 bits per heavy atom. The van der Waals surface area contributed by atoms with Crippen molar-refractivity contribution in [3.63, 3.8) is 0 Å². The monoisotopic (exact) mass is 544 g/mol. The van der Waals surface area contributed by atoms with Gasteiger partial charge < -0.3 is 25.3 Å². The van der Waals surface area contributed by atoms with Crippen LogP contribution in [0.5, 0.6) is 0 Å². The largest absolute Gasteiger partial charge is 0.364 e. The zero-order chi connectivity index (χ0) is 26.6. The highest BCUT2D eigenvalue weighted by molar-refractivity contribution is 6.30. The summed E-state index contributed by atoms with van der Waals surface area (Å²) in [7, 11) is 2.17. The van der Waals surface area contributed by atoms with Gasteiger partial charge in [-0.2, -0.15) is 0 Å². The first-order valence-corrected chi connectivity index (χ1v) is 14.0. The number of hydroxylamine groups is 1. The minimum atomic E-state index is -0.482. The van der Waals surface area contributed by atoms with E-state index in [2.05, 4.69) is 37.9 Å². The number of anilines is 4. The number of hydrogen-bond acceptors (Lipinski definition) is 7. The van der Waals surface area contributed by atoms with E-state index in [-0.39, 0.29) is 11.3 Å². The molecule has 3 aliphatic rings. The van der Waals surface area contributed by atoms with Crippen LogP contribution in [0.1, 0.15) is 41.6 Å². The number of amides is 1. The first-order chi connectivity index (χ1) is 18.4. The van der Waals surface area contributed by atoms with Crippen molar-refractivity contribution < 1.29 is 14.0 Å². The number of fused-ring (bicyclic) bond motifs is 1. The molecule has 2 aromatic rings. The number of halogens is 2. The van der Waals surface area contributed by atoms with Crippen molar-refractivity contribution in [1.82, 2.24) is 15.3 Å². The zero-order valence-electron chi connectivity index (χ0n) is 22.3. The number of unbranched alkanes of at least 4 members (excludes halogenated alkanes) is 1. The maximum absolute atomic E-state index is 16.0. The number of carbonyl (C=O) groups excluding carboxylic acids is 1. The number of nitrogens with one attached hydrogen (secondary N) is 3. The molecule has 0 radical (unpaired) electrons. The lowest BCUT2D eigenvalue weighted by Crippen LogP contribution is -2.44. The molecule has 10 heteroatoms. The van der Waals surface area contributed by atoms with Crippen molar-refractivity contribution in [3.8, 4) is 0 Å². The van der Waals surface area contributed by atoms with E-state index in [4.69, 9.17) is 16.4 Å². The van der Waals surface area contributed by atoms with Gasteiger partial charge in [-0.1, -0.05) is 11.6 Å². The van der Waals surface area contributed by atoms with Gasteiger partial charge in [0.15, 0.2) is 5.82 Å². The first kappa shape index (κ1) is 27.0.